The van der Waals surface area contributed by atoms with Crippen LogP contribution >= 0.6 is 0 Å². The second kappa shape index (κ2) is 6.01. The van der Waals surface area contributed by atoms with Crippen LogP contribution in [0.25, 0.3) is 0 Å². The van der Waals surface area contributed by atoms with Crippen molar-refractivity contribution in [1.82, 2.24) is 15.1 Å². The van der Waals surface area contributed by atoms with Gasteiger partial charge in [-0.1, -0.05) is 0 Å². The van der Waals surface area contributed by atoms with Gasteiger partial charge in [-0.2, -0.15) is 0 Å². The van der Waals surface area contributed by atoms with Crippen molar-refractivity contribution in [2.45, 2.75) is 19.4 Å². The van der Waals surface area contributed by atoms with Gasteiger partial charge in [0, 0.05) is 32.7 Å². The molecule has 0 bridgehead atoms. The standard InChI is InChI=1S/C11H21N3O4/c1-11(2,9(16)17)12-10(18)14-5-3-13(4-6-14)7-8-15/h15H,3-8H2,1-2H3,(H,12,18)(H,16,17). The molecule has 2 amide bonds. The summed E-state index contributed by atoms with van der Waals surface area (Å²) in [5, 5.41) is 20.2. The Morgan fingerprint density at radius 3 is 2.22 bits per heavy atom. The molecule has 0 saturated carbocycles. The summed E-state index contributed by atoms with van der Waals surface area (Å²) in [6.07, 6.45) is 0. The van der Waals surface area contributed by atoms with E-state index in [9.17, 15) is 9.59 Å². The van der Waals surface area contributed by atoms with Gasteiger partial charge in [-0.05, 0) is 13.8 Å². The first-order chi connectivity index (χ1) is 8.36. The number of urea groups is 1. The number of hydrogen-bond donors (Lipinski definition) is 3. The van der Waals surface area contributed by atoms with Gasteiger partial charge in [0.2, 0.25) is 0 Å². The van der Waals surface area contributed by atoms with Crippen molar-refractivity contribution in [2.75, 3.05) is 39.3 Å². The number of aliphatic hydroxyl groups excluding tert-OH is 1. The number of nitrogens with one attached hydrogen (secondary N) is 1. The minimum atomic E-state index is -1.26. The molecule has 1 aliphatic rings. The summed E-state index contributed by atoms with van der Waals surface area (Å²) < 4.78 is 0. The first-order valence-electron chi connectivity index (χ1n) is 6.00. The van der Waals surface area contributed by atoms with Crippen LogP contribution in [0.5, 0.6) is 0 Å². The summed E-state index contributed by atoms with van der Waals surface area (Å²) in [6, 6.07) is -0.356. The lowest BCUT2D eigenvalue weighted by molar-refractivity contribution is -0.143. The lowest BCUT2D eigenvalue weighted by Gasteiger charge is -2.35. The van der Waals surface area contributed by atoms with Crippen LogP contribution in [0.2, 0.25) is 0 Å². The van der Waals surface area contributed by atoms with Gasteiger partial charge >= 0.3 is 12.0 Å². The lowest BCUT2D eigenvalue weighted by Crippen LogP contribution is -2.58. The van der Waals surface area contributed by atoms with Gasteiger partial charge in [-0.3, -0.25) is 4.90 Å². The summed E-state index contributed by atoms with van der Waals surface area (Å²) in [7, 11) is 0. The Morgan fingerprint density at radius 1 is 1.22 bits per heavy atom. The molecule has 18 heavy (non-hydrogen) atoms. The van der Waals surface area contributed by atoms with Crippen molar-refractivity contribution < 1.29 is 19.8 Å². The average molecular weight is 259 g/mol. The minimum absolute atomic E-state index is 0.109. The number of aliphatic carboxylic acids is 1. The van der Waals surface area contributed by atoms with Gasteiger partial charge in [0.1, 0.15) is 5.54 Å². The predicted molar refractivity (Wildman–Crippen MR) is 65.3 cm³/mol. The topological polar surface area (TPSA) is 93.1 Å². The van der Waals surface area contributed by atoms with E-state index >= 15 is 0 Å². The fraction of sp³-hybridized carbons (Fsp3) is 0.818. The second-order valence-corrected chi connectivity index (χ2v) is 4.91. The van der Waals surface area contributed by atoms with Crippen LogP contribution in [0.1, 0.15) is 13.8 Å². The van der Waals surface area contributed by atoms with E-state index < -0.39 is 11.5 Å². The van der Waals surface area contributed by atoms with E-state index in [1.807, 2.05) is 0 Å². The Labute approximate surface area is 106 Å². The maximum absolute atomic E-state index is 11.9. The van der Waals surface area contributed by atoms with Crippen molar-refractivity contribution in [3.63, 3.8) is 0 Å². The quantitative estimate of drug-likeness (QED) is 0.612. The van der Waals surface area contributed by atoms with Crippen LogP contribution in [0, 0.1) is 0 Å². The molecular weight excluding hydrogens is 238 g/mol. The van der Waals surface area contributed by atoms with Crippen molar-refractivity contribution in [3.05, 3.63) is 0 Å². The van der Waals surface area contributed by atoms with E-state index in [-0.39, 0.29) is 12.6 Å². The first-order valence-corrected chi connectivity index (χ1v) is 6.00. The molecule has 0 aliphatic carbocycles. The zero-order valence-corrected chi connectivity index (χ0v) is 10.8. The molecular formula is C11H21N3O4. The molecule has 1 fully saturated rings. The highest BCUT2D eigenvalue weighted by molar-refractivity contribution is 5.85. The Balaban J connectivity index is 2.43. The summed E-state index contributed by atoms with van der Waals surface area (Å²) in [6.45, 7) is 6.10. The molecule has 7 heteroatoms. The molecule has 1 aliphatic heterocycles. The molecule has 0 aromatic carbocycles. The molecule has 0 radical (unpaired) electrons. The monoisotopic (exact) mass is 259 g/mol. The number of piperazine rings is 1. The largest absolute Gasteiger partial charge is 0.480 e. The maximum atomic E-state index is 11.9. The zero-order valence-electron chi connectivity index (χ0n) is 10.8. The highest BCUT2D eigenvalue weighted by Crippen LogP contribution is 2.06. The number of carbonyl (C=O) groups is 2. The molecule has 0 unspecified atom stereocenters. The lowest BCUT2D eigenvalue weighted by atomic mass is 10.1. The summed E-state index contributed by atoms with van der Waals surface area (Å²) in [4.78, 5) is 26.4. The fourth-order valence-corrected chi connectivity index (χ4v) is 1.72. The number of carboxylic acid groups (broad SMARTS) is 1. The van der Waals surface area contributed by atoms with E-state index in [0.29, 0.717) is 32.7 Å². The molecule has 3 N–H and O–H groups in total. The molecule has 7 nitrogen and oxygen atoms in total. The van der Waals surface area contributed by atoms with Gasteiger partial charge in [0.25, 0.3) is 0 Å². The molecule has 0 spiro atoms. The maximum Gasteiger partial charge on any atom is 0.328 e. The third kappa shape index (κ3) is 3.85. The number of nitrogens with zero attached hydrogens (tertiary/aromatic N) is 2. The number of aliphatic hydroxyl groups is 1. The highest BCUT2D eigenvalue weighted by atomic mass is 16.4. The third-order valence-electron chi connectivity index (χ3n) is 3.03. The van der Waals surface area contributed by atoms with Crippen LogP contribution in [-0.2, 0) is 4.79 Å². The van der Waals surface area contributed by atoms with Crippen LogP contribution < -0.4 is 5.32 Å². The van der Waals surface area contributed by atoms with E-state index in [4.69, 9.17) is 10.2 Å². The van der Waals surface area contributed by atoms with Crippen molar-refractivity contribution in [1.29, 1.82) is 0 Å². The number of rotatable bonds is 4. The number of carboxylic acids is 1. The smallest absolute Gasteiger partial charge is 0.328 e. The normalized spacial score (nSPS) is 17.6. The van der Waals surface area contributed by atoms with Gasteiger partial charge in [0.05, 0.1) is 6.61 Å². The van der Waals surface area contributed by atoms with E-state index in [0.717, 1.165) is 0 Å². The molecule has 1 heterocycles. The summed E-state index contributed by atoms with van der Waals surface area (Å²) in [5.74, 6) is -1.06. The first kappa shape index (κ1) is 14.7. The fourth-order valence-electron chi connectivity index (χ4n) is 1.72. The molecule has 0 atom stereocenters. The van der Waals surface area contributed by atoms with Gasteiger partial charge < -0.3 is 20.4 Å². The van der Waals surface area contributed by atoms with Gasteiger partial charge in [0.15, 0.2) is 0 Å². The number of carbonyl (C=O) groups excluding carboxylic acids is 1. The summed E-state index contributed by atoms with van der Waals surface area (Å²) >= 11 is 0. The van der Waals surface area contributed by atoms with Crippen LogP contribution in [0.15, 0.2) is 0 Å². The Hall–Kier alpha value is -1.34. The van der Waals surface area contributed by atoms with Crippen molar-refractivity contribution in [3.8, 4) is 0 Å². The number of hydrogen-bond acceptors (Lipinski definition) is 4. The van der Waals surface area contributed by atoms with Crippen LogP contribution in [-0.4, -0.2) is 76.9 Å². The van der Waals surface area contributed by atoms with Crippen LogP contribution in [0.3, 0.4) is 0 Å². The minimum Gasteiger partial charge on any atom is -0.480 e. The second-order valence-electron chi connectivity index (χ2n) is 4.91. The Morgan fingerprint density at radius 2 is 1.78 bits per heavy atom. The highest BCUT2D eigenvalue weighted by Gasteiger charge is 2.31. The summed E-state index contributed by atoms with van der Waals surface area (Å²) in [5.41, 5.74) is -1.26. The van der Waals surface area contributed by atoms with E-state index in [1.54, 1.807) is 4.90 Å². The Bertz CT molecular complexity index is 311. The van der Waals surface area contributed by atoms with Crippen molar-refractivity contribution >= 4 is 12.0 Å². The zero-order chi connectivity index (χ0) is 13.8. The molecule has 0 aromatic heterocycles. The number of amides is 2. The molecule has 104 valence electrons. The molecule has 1 saturated heterocycles. The van der Waals surface area contributed by atoms with Crippen molar-refractivity contribution in [2.24, 2.45) is 0 Å². The van der Waals surface area contributed by atoms with Crippen LogP contribution in [0.4, 0.5) is 4.79 Å². The van der Waals surface area contributed by atoms with E-state index in [2.05, 4.69) is 10.2 Å². The predicted octanol–water partition coefficient (Wildman–Crippen LogP) is -0.831. The molecule has 0 aromatic rings. The number of β-amino-alcohol motifs (C(OH)–C–C–N with tert-alkyl or cyclic N) is 1. The third-order valence-corrected chi connectivity index (χ3v) is 3.03. The van der Waals surface area contributed by atoms with Gasteiger partial charge in [-0.15, -0.1) is 0 Å². The average Bonchev–Trinajstić information content (AvgIpc) is 2.29. The van der Waals surface area contributed by atoms with Gasteiger partial charge in [-0.25, -0.2) is 9.59 Å². The molecule has 1 rings (SSSR count). The SMILES string of the molecule is CC(C)(NC(=O)N1CCN(CCO)CC1)C(=O)O. The van der Waals surface area contributed by atoms with E-state index in [1.165, 1.54) is 13.8 Å². The Kier molecular flexibility index (Phi) is 4.92.